The summed E-state index contributed by atoms with van der Waals surface area (Å²) >= 11 is 3.41. The molecule has 100 valence electrons. The second-order valence-electron chi connectivity index (χ2n) is 3.85. The van der Waals surface area contributed by atoms with E-state index in [1.165, 1.54) is 7.11 Å². The summed E-state index contributed by atoms with van der Waals surface area (Å²) in [6.07, 6.45) is 0.732. The average molecular weight is 316 g/mol. The van der Waals surface area contributed by atoms with Gasteiger partial charge in [0, 0.05) is 11.0 Å². The topological polar surface area (TPSA) is 47.6 Å². The summed E-state index contributed by atoms with van der Waals surface area (Å²) in [6, 6.07) is 5.69. The van der Waals surface area contributed by atoms with Crippen LogP contribution in [0.2, 0.25) is 0 Å². The van der Waals surface area contributed by atoms with Gasteiger partial charge in [-0.15, -0.1) is 0 Å². The van der Waals surface area contributed by atoms with Crippen molar-refractivity contribution in [3.05, 3.63) is 22.7 Å². The molecule has 1 unspecified atom stereocenters. The van der Waals surface area contributed by atoms with Crippen LogP contribution in [0.1, 0.15) is 13.3 Å². The van der Waals surface area contributed by atoms with Crippen LogP contribution in [0.15, 0.2) is 22.7 Å². The van der Waals surface area contributed by atoms with Crippen molar-refractivity contribution in [3.63, 3.8) is 0 Å². The molecule has 1 atom stereocenters. The van der Waals surface area contributed by atoms with Gasteiger partial charge in [-0.25, -0.2) is 0 Å². The van der Waals surface area contributed by atoms with Crippen LogP contribution in [0.3, 0.4) is 0 Å². The molecule has 1 aromatic carbocycles. The zero-order chi connectivity index (χ0) is 13.5. The van der Waals surface area contributed by atoms with Crippen molar-refractivity contribution in [2.45, 2.75) is 13.3 Å². The molecule has 0 heterocycles. The Hall–Kier alpha value is -1.23. The van der Waals surface area contributed by atoms with Crippen LogP contribution in [0.4, 0.5) is 5.69 Å². The molecule has 0 spiro atoms. The number of rotatable bonds is 6. The van der Waals surface area contributed by atoms with Crippen LogP contribution < -0.4 is 10.1 Å². The normalized spacial score (nSPS) is 11.8. The Balaban J connectivity index is 2.72. The van der Waals surface area contributed by atoms with Crippen molar-refractivity contribution >= 4 is 27.6 Å². The highest BCUT2D eigenvalue weighted by Crippen LogP contribution is 2.28. The van der Waals surface area contributed by atoms with Gasteiger partial charge < -0.3 is 14.8 Å². The van der Waals surface area contributed by atoms with Gasteiger partial charge in [-0.2, -0.15) is 0 Å². The first-order valence-electron chi connectivity index (χ1n) is 5.77. The summed E-state index contributed by atoms with van der Waals surface area (Å²) in [7, 11) is 3.02. The highest BCUT2D eigenvalue weighted by Gasteiger charge is 2.17. The number of benzene rings is 1. The third-order valence-electron chi connectivity index (χ3n) is 2.73. The van der Waals surface area contributed by atoms with E-state index >= 15 is 0 Å². The molecule has 1 aromatic rings. The number of hydrogen-bond donors (Lipinski definition) is 1. The quantitative estimate of drug-likeness (QED) is 0.820. The van der Waals surface area contributed by atoms with Gasteiger partial charge in [-0.1, -0.05) is 22.9 Å². The number of nitrogens with one attached hydrogen (secondary N) is 1. The van der Waals surface area contributed by atoms with Crippen LogP contribution in [0.5, 0.6) is 5.75 Å². The monoisotopic (exact) mass is 315 g/mol. The number of halogens is 1. The van der Waals surface area contributed by atoms with Gasteiger partial charge in [0.2, 0.25) is 0 Å². The fourth-order valence-electron chi connectivity index (χ4n) is 1.61. The van der Waals surface area contributed by atoms with Gasteiger partial charge in [-0.05, 0) is 24.6 Å². The lowest BCUT2D eigenvalue weighted by Gasteiger charge is -2.16. The third kappa shape index (κ3) is 3.91. The SMILES string of the molecule is CCC(CNc1cc(Br)ccc1OC)C(=O)OC. The third-order valence-corrected chi connectivity index (χ3v) is 3.22. The number of anilines is 1. The molecule has 0 aliphatic carbocycles. The number of carbonyl (C=O) groups excluding carboxylic acids is 1. The summed E-state index contributed by atoms with van der Waals surface area (Å²) in [5.74, 6) is 0.399. The molecular weight excluding hydrogens is 298 g/mol. The summed E-state index contributed by atoms with van der Waals surface area (Å²) in [5.41, 5.74) is 0.856. The zero-order valence-corrected chi connectivity index (χ0v) is 12.4. The molecule has 0 bridgehead atoms. The van der Waals surface area contributed by atoms with E-state index in [-0.39, 0.29) is 11.9 Å². The van der Waals surface area contributed by atoms with Crippen molar-refractivity contribution in [2.24, 2.45) is 5.92 Å². The van der Waals surface area contributed by atoms with Gasteiger partial charge in [0.05, 0.1) is 25.8 Å². The van der Waals surface area contributed by atoms with Crippen molar-refractivity contribution in [3.8, 4) is 5.75 Å². The molecule has 18 heavy (non-hydrogen) atoms. The fraction of sp³-hybridized carbons (Fsp3) is 0.462. The van der Waals surface area contributed by atoms with Crippen LogP contribution in [-0.2, 0) is 9.53 Å². The predicted molar refractivity (Wildman–Crippen MR) is 75.0 cm³/mol. The Bertz CT molecular complexity index is 409. The first-order chi connectivity index (χ1) is 8.62. The van der Waals surface area contributed by atoms with Crippen LogP contribution in [0, 0.1) is 5.92 Å². The predicted octanol–water partition coefficient (Wildman–Crippen LogP) is 3.07. The van der Waals surface area contributed by atoms with Crippen LogP contribution in [-0.4, -0.2) is 26.7 Å². The Morgan fingerprint density at radius 2 is 2.17 bits per heavy atom. The van der Waals surface area contributed by atoms with E-state index in [1.54, 1.807) is 7.11 Å². The molecule has 0 radical (unpaired) electrons. The van der Waals surface area contributed by atoms with Gasteiger partial charge >= 0.3 is 5.97 Å². The summed E-state index contributed by atoms with van der Waals surface area (Å²) in [5, 5.41) is 3.22. The van der Waals surface area contributed by atoms with E-state index in [1.807, 2.05) is 25.1 Å². The summed E-state index contributed by atoms with van der Waals surface area (Å²) in [6.45, 7) is 2.48. The highest BCUT2D eigenvalue weighted by molar-refractivity contribution is 9.10. The van der Waals surface area contributed by atoms with Gasteiger partial charge in [-0.3, -0.25) is 4.79 Å². The lowest BCUT2D eigenvalue weighted by molar-refractivity contribution is -0.145. The summed E-state index contributed by atoms with van der Waals surface area (Å²) < 4.78 is 11.0. The van der Waals surface area contributed by atoms with Gasteiger partial charge in [0.15, 0.2) is 0 Å². The van der Waals surface area contributed by atoms with E-state index in [0.717, 1.165) is 22.3 Å². The molecular formula is C13H18BrNO3. The minimum Gasteiger partial charge on any atom is -0.495 e. The van der Waals surface area contributed by atoms with Crippen molar-refractivity contribution in [1.82, 2.24) is 0 Å². The van der Waals surface area contributed by atoms with E-state index in [2.05, 4.69) is 21.2 Å². The molecule has 0 fully saturated rings. The Morgan fingerprint density at radius 3 is 2.72 bits per heavy atom. The van der Waals surface area contributed by atoms with Crippen molar-refractivity contribution < 1.29 is 14.3 Å². The first-order valence-corrected chi connectivity index (χ1v) is 6.56. The minimum absolute atomic E-state index is 0.154. The molecule has 0 aromatic heterocycles. The van der Waals surface area contributed by atoms with Gasteiger partial charge in [0.1, 0.15) is 5.75 Å². The molecule has 0 aliphatic rings. The second kappa shape index (κ2) is 7.26. The Kier molecular flexibility index (Phi) is 5.98. The van der Waals surface area contributed by atoms with E-state index in [4.69, 9.17) is 9.47 Å². The lowest BCUT2D eigenvalue weighted by atomic mass is 10.1. The molecule has 0 saturated carbocycles. The molecule has 4 nitrogen and oxygen atoms in total. The number of esters is 1. The number of hydrogen-bond acceptors (Lipinski definition) is 4. The summed E-state index contributed by atoms with van der Waals surface area (Å²) in [4.78, 5) is 11.5. The molecule has 0 aliphatic heterocycles. The first kappa shape index (κ1) is 14.8. The molecule has 5 heteroatoms. The maximum atomic E-state index is 11.5. The minimum atomic E-state index is -0.195. The molecule has 0 amide bonds. The van der Waals surface area contributed by atoms with E-state index < -0.39 is 0 Å². The van der Waals surface area contributed by atoms with E-state index in [9.17, 15) is 4.79 Å². The van der Waals surface area contributed by atoms with Crippen molar-refractivity contribution in [2.75, 3.05) is 26.1 Å². The zero-order valence-electron chi connectivity index (χ0n) is 10.8. The second-order valence-corrected chi connectivity index (χ2v) is 4.77. The van der Waals surface area contributed by atoms with Crippen LogP contribution in [0.25, 0.3) is 0 Å². The maximum absolute atomic E-state index is 11.5. The number of ether oxygens (including phenoxy) is 2. The van der Waals surface area contributed by atoms with Gasteiger partial charge in [0.25, 0.3) is 0 Å². The fourth-order valence-corrected chi connectivity index (χ4v) is 1.97. The average Bonchev–Trinajstić information content (AvgIpc) is 2.39. The molecule has 1 rings (SSSR count). The number of carbonyl (C=O) groups is 1. The highest BCUT2D eigenvalue weighted by atomic mass is 79.9. The van der Waals surface area contributed by atoms with Crippen molar-refractivity contribution in [1.29, 1.82) is 0 Å². The molecule has 1 N–H and O–H groups in total. The lowest BCUT2D eigenvalue weighted by Crippen LogP contribution is -2.23. The standard InChI is InChI=1S/C13H18BrNO3/c1-4-9(13(16)18-3)8-15-11-7-10(14)5-6-12(11)17-2/h5-7,9,15H,4,8H2,1-3H3. The Labute approximate surface area is 116 Å². The Morgan fingerprint density at radius 1 is 1.44 bits per heavy atom. The van der Waals surface area contributed by atoms with Crippen LogP contribution >= 0.6 is 15.9 Å². The molecule has 0 saturated heterocycles. The smallest absolute Gasteiger partial charge is 0.310 e. The van der Waals surface area contributed by atoms with E-state index in [0.29, 0.717) is 6.54 Å². The maximum Gasteiger partial charge on any atom is 0.310 e. The number of methoxy groups -OCH3 is 2. The largest absolute Gasteiger partial charge is 0.495 e.